The van der Waals surface area contributed by atoms with Gasteiger partial charge in [-0.05, 0) is 35.9 Å². The van der Waals surface area contributed by atoms with Gasteiger partial charge in [-0.2, -0.15) is 0 Å². The van der Waals surface area contributed by atoms with Crippen molar-refractivity contribution in [1.29, 1.82) is 0 Å². The Labute approximate surface area is 172 Å². The van der Waals surface area contributed by atoms with Gasteiger partial charge in [0.1, 0.15) is 11.5 Å². The van der Waals surface area contributed by atoms with Crippen LogP contribution in [0.15, 0.2) is 82.0 Å². The summed E-state index contributed by atoms with van der Waals surface area (Å²) in [6, 6.07) is 16.7. The Bertz CT molecular complexity index is 1250. The van der Waals surface area contributed by atoms with Crippen molar-refractivity contribution < 1.29 is 22.4 Å². The highest BCUT2D eigenvalue weighted by molar-refractivity contribution is 7.90. The van der Waals surface area contributed by atoms with Gasteiger partial charge < -0.3 is 9.15 Å². The van der Waals surface area contributed by atoms with E-state index in [-0.39, 0.29) is 4.90 Å². The summed E-state index contributed by atoms with van der Waals surface area (Å²) < 4.78 is 34.5. The summed E-state index contributed by atoms with van der Waals surface area (Å²) >= 11 is 6.34. The maximum atomic E-state index is 12.8. The van der Waals surface area contributed by atoms with Crippen molar-refractivity contribution >= 4 is 44.6 Å². The van der Waals surface area contributed by atoms with Gasteiger partial charge in [0.25, 0.3) is 0 Å². The molecule has 0 unspecified atom stereocenters. The van der Waals surface area contributed by atoms with Crippen molar-refractivity contribution in [2.24, 2.45) is 0 Å². The molecular weight excluding hydrogens is 412 g/mol. The quantitative estimate of drug-likeness (QED) is 0.558. The number of cyclic esters (lactones) is 1. The van der Waals surface area contributed by atoms with Crippen LogP contribution in [0, 0.1) is 0 Å². The number of halogens is 1. The summed E-state index contributed by atoms with van der Waals surface area (Å²) in [6.45, 7) is 0. The van der Waals surface area contributed by atoms with E-state index in [9.17, 15) is 13.2 Å². The van der Waals surface area contributed by atoms with Crippen LogP contribution < -0.4 is 0 Å². The number of furan rings is 1. The van der Waals surface area contributed by atoms with E-state index < -0.39 is 15.8 Å². The van der Waals surface area contributed by atoms with E-state index in [0.29, 0.717) is 38.8 Å². The van der Waals surface area contributed by atoms with E-state index in [1.807, 2.05) is 0 Å². The Morgan fingerprint density at radius 3 is 2.28 bits per heavy atom. The number of benzene rings is 2. The van der Waals surface area contributed by atoms with Crippen LogP contribution in [-0.4, -0.2) is 20.6 Å². The van der Waals surface area contributed by atoms with Crippen LogP contribution in [0.2, 0.25) is 5.02 Å². The van der Waals surface area contributed by atoms with E-state index >= 15 is 0 Å². The Kier molecular flexibility index (Phi) is 4.90. The molecule has 7 heteroatoms. The summed E-state index contributed by atoms with van der Waals surface area (Å²) in [5, 5.41) is 0.406. The third kappa shape index (κ3) is 3.77. The van der Waals surface area contributed by atoms with Crippen LogP contribution in [0.1, 0.15) is 16.9 Å². The molecule has 0 fully saturated rings. The third-order valence-electron chi connectivity index (χ3n) is 4.43. The van der Waals surface area contributed by atoms with Crippen LogP contribution in [0.25, 0.3) is 17.2 Å². The zero-order chi connectivity index (χ0) is 20.6. The molecule has 29 heavy (non-hydrogen) atoms. The topological polar surface area (TPSA) is 73.6 Å². The zero-order valence-corrected chi connectivity index (χ0v) is 16.8. The van der Waals surface area contributed by atoms with E-state index in [4.69, 9.17) is 20.8 Å². The van der Waals surface area contributed by atoms with Gasteiger partial charge in [-0.15, -0.1) is 0 Å². The van der Waals surface area contributed by atoms with E-state index in [0.717, 1.165) is 6.26 Å². The zero-order valence-electron chi connectivity index (χ0n) is 15.3. The molecule has 0 spiro atoms. The molecule has 1 aliphatic heterocycles. The molecule has 0 amide bonds. The molecule has 1 aliphatic rings. The summed E-state index contributed by atoms with van der Waals surface area (Å²) in [5.41, 5.74) is 1.97. The Morgan fingerprint density at radius 2 is 1.66 bits per heavy atom. The van der Waals surface area contributed by atoms with Gasteiger partial charge in [0.2, 0.25) is 0 Å². The largest absolute Gasteiger partial charge is 0.465 e. The monoisotopic (exact) mass is 426 g/mol. The first-order valence-electron chi connectivity index (χ1n) is 8.62. The van der Waals surface area contributed by atoms with Gasteiger partial charge in [0, 0.05) is 28.5 Å². The average molecular weight is 427 g/mol. The van der Waals surface area contributed by atoms with E-state index in [1.54, 1.807) is 54.6 Å². The number of carbonyl (C=O) groups is 1. The summed E-state index contributed by atoms with van der Waals surface area (Å²) in [6.07, 6.45) is 4.27. The number of allylic oxidation sites excluding steroid dienone is 1. The minimum absolute atomic E-state index is 0.183. The first-order chi connectivity index (χ1) is 13.8. The summed E-state index contributed by atoms with van der Waals surface area (Å²) in [7, 11) is -3.35. The van der Waals surface area contributed by atoms with Crippen molar-refractivity contribution in [3.05, 3.63) is 94.6 Å². The van der Waals surface area contributed by atoms with Crippen molar-refractivity contribution in [3.8, 4) is 0 Å². The number of hydrogen-bond donors (Lipinski definition) is 0. The number of esters is 1. The first-order valence-corrected chi connectivity index (χ1v) is 10.9. The van der Waals surface area contributed by atoms with Crippen molar-refractivity contribution in [3.63, 3.8) is 0 Å². The highest BCUT2D eigenvalue weighted by Crippen LogP contribution is 2.42. The molecule has 2 heterocycles. The highest BCUT2D eigenvalue weighted by atomic mass is 35.5. The molecule has 1 aromatic heterocycles. The van der Waals surface area contributed by atoms with Crippen LogP contribution in [0.5, 0.6) is 0 Å². The second kappa shape index (κ2) is 7.39. The molecule has 0 atom stereocenters. The lowest BCUT2D eigenvalue weighted by Crippen LogP contribution is -1.99. The number of ether oxygens (including phenoxy) is 1. The van der Waals surface area contributed by atoms with Crippen LogP contribution in [-0.2, 0) is 19.4 Å². The molecule has 0 aliphatic carbocycles. The SMILES string of the molecule is CS(=O)(=O)c1ccc(C2=C(c3ccccc3Cl)C(=O)O/C2=C\c2ccco2)cc1. The van der Waals surface area contributed by atoms with Crippen LogP contribution >= 0.6 is 11.6 Å². The van der Waals surface area contributed by atoms with Crippen molar-refractivity contribution in [2.75, 3.05) is 6.26 Å². The predicted molar refractivity (Wildman–Crippen MR) is 111 cm³/mol. The normalized spacial score (nSPS) is 15.8. The Morgan fingerprint density at radius 1 is 0.931 bits per heavy atom. The fourth-order valence-corrected chi connectivity index (χ4v) is 3.96. The minimum atomic E-state index is -3.35. The fourth-order valence-electron chi connectivity index (χ4n) is 3.10. The number of sulfone groups is 1. The van der Waals surface area contributed by atoms with Crippen molar-refractivity contribution in [1.82, 2.24) is 0 Å². The minimum Gasteiger partial charge on any atom is -0.465 e. The fraction of sp³-hybridized carbons (Fsp3) is 0.0455. The maximum absolute atomic E-state index is 12.8. The highest BCUT2D eigenvalue weighted by Gasteiger charge is 2.33. The molecule has 2 aromatic carbocycles. The van der Waals surface area contributed by atoms with Crippen LogP contribution in [0.4, 0.5) is 0 Å². The molecule has 4 rings (SSSR count). The van der Waals surface area contributed by atoms with Gasteiger partial charge in [-0.25, -0.2) is 13.2 Å². The van der Waals surface area contributed by atoms with Crippen LogP contribution in [0.3, 0.4) is 0 Å². The predicted octanol–water partition coefficient (Wildman–Crippen LogP) is 4.85. The average Bonchev–Trinajstić information content (AvgIpc) is 3.29. The lowest BCUT2D eigenvalue weighted by molar-refractivity contribution is -0.131. The lowest BCUT2D eigenvalue weighted by atomic mass is 9.95. The van der Waals surface area contributed by atoms with Gasteiger partial charge in [0.05, 0.1) is 16.7 Å². The Hall–Kier alpha value is -3.09. The summed E-state index contributed by atoms with van der Waals surface area (Å²) in [5.74, 6) is 0.267. The second-order valence-electron chi connectivity index (χ2n) is 6.44. The lowest BCUT2D eigenvalue weighted by Gasteiger charge is -2.08. The van der Waals surface area contributed by atoms with Gasteiger partial charge in [-0.3, -0.25) is 0 Å². The molecule has 0 saturated carbocycles. The molecule has 0 N–H and O–H groups in total. The Balaban J connectivity index is 1.95. The number of rotatable bonds is 4. The number of hydrogen-bond acceptors (Lipinski definition) is 5. The van der Waals surface area contributed by atoms with E-state index in [2.05, 4.69) is 0 Å². The molecular formula is C22H15ClO5S. The van der Waals surface area contributed by atoms with Crippen molar-refractivity contribution in [2.45, 2.75) is 4.90 Å². The molecule has 5 nitrogen and oxygen atoms in total. The molecule has 146 valence electrons. The maximum Gasteiger partial charge on any atom is 0.344 e. The first kappa shape index (κ1) is 19.2. The standard InChI is InChI=1S/C22H15ClO5S/c1-29(25,26)16-10-8-14(9-11-16)20-19(13-15-5-4-12-27-15)28-22(24)21(20)17-6-2-3-7-18(17)23/h2-13H,1H3/b19-13-. The van der Waals surface area contributed by atoms with Gasteiger partial charge in [-0.1, -0.05) is 41.9 Å². The second-order valence-corrected chi connectivity index (χ2v) is 8.86. The third-order valence-corrected chi connectivity index (χ3v) is 5.89. The molecule has 0 radical (unpaired) electrons. The molecule has 3 aromatic rings. The molecule has 0 bridgehead atoms. The summed E-state index contributed by atoms with van der Waals surface area (Å²) in [4.78, 5) is 13.0. The number of carbonyl (C=O) groups excluding carboxylic acids is 1. The van der Waals surface area contributed by atoms with E-state index in [1.165, 1.54) is 18.4 Å². The van der Waals surface area contributed by atoms with Gasteiger partial charge >= 0.3 is 5.97 Å². The smallest absolute Gasteiger partial charge is 0.344 e. The molecule has 0 saturated heterocycles. The van der Waals surface area contributed by atoms with Gasteiger partial charge in [0.15, 0.2) is 9.84 Å².